The average molecular weight is 787 g/mol. The molecule has 1 saturated heterocycles. The molecule has 304 valence electrons. The van der Waals surface area contributed by atoms with Crippen LogP contribution in [0, 0.1) is 50.2 Å². The zero-order chi connectivity index (χ0) is 40.6. The summed E-state index contributed by atoms with van der Waals surface area (Å²) in [6, 6.07) is 8.03. The molecule has 3 N–H and O–H groups in total. The van der Waals surface area contributed by atoms with Crippen molar-refractivity contribution in [3.05, 3.63) is 58.1 Å². The van der Waals surface area contributed by atoms with Gasteiger partial charge in [-0.3, -0.25) is 19.2 Å². The molecule has 1 aromatic rings. The van der Waals surface area contributed by atoms with Crippen LogP contribution in [0.5, 0.6) is 0 Å². The summed E-state index contributed by atoms with van der Waals surface area (Å²) in [7, 11) is 0. The molecule has 1 unspecified atom stereocenters. The van der Waals surface area contributed by atoms with Crippen LogP contribution in [0.25, 0.3) is 0 Å². The third-order valence-electron chi connectivity index (χ3n) is 17.6. The largest absolute Gasteiger partial charge is 0.481 e. The number of hydrogen-bond donors (Lipinski definition) is 3. The van der Waals surface area contributed by atoms with Crippen molar-refractivity contribution in [2.24, 2.45) is 50.2 Å². The zero-order valence-corrected chi connectivity index (χ0v) is 35.8. The van der Waals surface area contributed by atoms with Crippen molar-refractivity contribution in [1.29, 1.82) is 0 Å². The SMILES string of the molecule is CC(C)C1=C2[C@H]3CC[C@@H]4[C@@]5(C)CC[C@H](OC(=O)CC(C)(C)C(=O)O)C(C)(C)[C@@]56NC6C[C@@]4(C)[C@]3(C)CC[C@@]2(/C=C/C(=O)NC2(c3ccc(Cl)cc3)CC2)CC1=O. The van der Waals surface area contributed by atoms with Crippen LogP contribution in [-0.4, -0.2) is 46.4 Å². The Bertz CT molecular complexity index is 1940. The van der Waals surface area contributed by atoms with Crippen LogP contribution in [0.3, 0.4) is 0 Å². The monoisotopic (exact) mass is 786 g/mol. The minimum absolute atomic E-state index is 0.00164. The molecule has 9 atom stereocenters. The van der Waals surface area contributed by atoms with E-state index >= 15 is 0 Å². The fourth-order valence-electron chi connectivity index (χ4n) is 14.3. The number of ether oxygens (including phenoxy) is 1. The number of carbonyl (C=O) groups excluding carboxylic acids is 3. The first-order valence-corrected chi connectivity index (χ1v) is 21.7. The molecular formula is C47H63ClN2O6. The van der Waals surface area contributed by atoms with Gasteiger partial charge in [-0.2, -0.15) is 0 Å². The zero-order valence-electron chi connectivity index (χ0n) is 35.0. The number of ketones is 1. The maximum absolute atomic E-state index is 14.1. The highest BCUT2D eigenvalue weighted by molar-refractivity contribution is 6.30. The Labute approximate surface area is 338 Å². The standard InChI is InChI=1S/C47H63ClN2O6/c1-27(2)37-31(51)24-45(19-17-35(52)50-46(22-23-46)28-10-12-29(48)13-11-28)21-20-42(7)30(38(37)45)14-15-32-43(8)18-16-34(56-36(53)26-40(3,4)39(54)55)41(5,6)47(43)33(49-47)25-44(32,42)9/h10-13,17,19,27,30,32-34,49H,14-16,18,20-26H2,1-9H3,(H,50,52)(H,54,55)/b19-17+/t30-,32-,33?,34+,42-,43-,44-,45+,47-/m1/s1. The number of esters is 1. The van der Waals surface area contributed by atoms with Gasteiger partial charge in [0.25, 0.3) is 0 Å². The van der Waals surface area contributed by atoms with Gasteiger partial charge in [-0.15, -0.1) is 0 Å². The number of hydrogen-bond acceptors (Lipinski definition) is 6. The molecule has 6 aliphatic carbocycles. The van der Waals surface area contributed by atoms with Gasteiger partial charge in [0.15, 0.2) is 5.78 Å². The average Bonchev–Trinajstić information content (AvgIpc) is 4.02. The van der Waals surface area contributed by atoms with Crippen molar-refractivity contribution < 1.29 is 29.0 Å². The van der Waals surface area contributed by atoms with E-state index in [1.165, 1.54) is 5.57 Å². The van der Waals surface area contributed by atoms with Gasteiger partial charge >= 0.3 is 11.9 Å². The lowest BCUT2D eigenvalue weighted by Gasteiger charge is -2.71. The molecule has 1 aliphatic heterocycles. The first-order chi connectivity index (χ1) is 26.0. The Morgan fingerprint density at radius 2 is 1.64 bits per heavy atom. The number of fused-ring (bicyclic) bond motifs is 6. The number of benzene rings is 1. The van der Waals surface area contributed by atoms with Gasteiger partial charge in [-0.05, 0) is 141 Å². The molecule has 1 spiro atoms. The number of carbonyl (C=O) groups is 4. The third-order valence-corrected chi connectivity index (χ3v) is 17.8. The summed E-state index contributed by atoms with van der Waals surface area (Å²) in [5.41, 5.74) is 0.785. The van der Waals surface area contributed by atoms with E-state index in [0.717, 1.165) is 68.9 Å². The molecular weight excluding hydrogens is 724 g/mol. The van der Waals surface area contributed by atoms with Crippen LogP contribution in [0.4, 0.5) is 0 Å². The third kappa shape index (κ3) is 5.38. The number of nitrogens with one attached hydrogen (secondary N) is 2. The number of carboxylic acids is 1. The molecule has 8 rings (SSSR count). The Hall–Kier alpha value is -2.97. The second-order valence-electron chi connectivity index (χ2n) is 21.4. The molecule has 56 heavy (non-hydrogen) atoms. The highest BCUT2D eigenvalue weighted by Gasteiger charge is 2.83. The summed E-state index contributed by atoms with van der Waals surface area (Å²) < 4.78 is 6.22. The number of allylic oxidation sites excluding steroid dienone is 3. The van der Waals surface area contributed by atoms with Crippen molar-refractivity contribution >= 4 is 35.2 Å². The van der Waals surface area contributed by atoms with Gasteiger partial charge in [0.05, 0.1) is 17.4 Å². The number of halogens is 1. The van der Waals surface area contributed by atoms with Crippen LogP contribution in [0.2, 0.25) is 5.02 Å². The number of aliphatic carboxylic acids is 1. The Balaban J connectivity index is 1.07. The van der Waals surface area contributed by atoms with E-state index in [-0.39, 0.29) is 74.8 Å². The lowest BCUT2D eigenvalue weighted by atomic mass is 9.33. The van der Waals surface area contributed by atoms with E-state index in [1.807, 2.05) is 24.3 Å². The minimum atomic E-state index is -1.18. The molecule has 1 amide bonds. The Morgan fingerprint density at radius 1 is 0.964 bits per heavy atom. The summed E-state index contributed by atoms with van der Waals surface area (Å²) in [5.74, 6) is -0.512. The highest BCUT2D eigenvalue weighted by Crippen LogP contribution is 2.80. The molecule has 6 fully saturated rings. The number of Topliss-reactive ketones (excluding diaryl/α,β-unsaturated/α-hetero) is 1. The van der Waals surface area contributed by atoms with Gasteiger partial charge in [0, 0.05) is 33.9 Å². The van der Waals surface area contributed by atoms with E-state index in [1.54, 1.807) is 19.9 Å². The number of rotatable bonds is 9. The molecule has 7 aliphatic rings. The minimum Gasteiger partial charge on any atom is -0.481 e. The van der Waals surface area contributed by atoms with Crippen LogP contribution < -0.4 is 10.6 Å². The lowest BCUT2D eigenvalue weighted by Crippen LogP contribution is -2.70. The van der Waals surface area contributed by atoms with E-state index < -0.39 is 22.8 Å². The van der Waals surface area contributed by atoms with E-state index in [9.17, 15) is 24.3 Å². The maximum Gasteiger partial charge on any atom is 0.309 e. The van der Waals surface area contributed by atoms with Gasteiger partial charge in [0.2, 0.25) is 5.91 Å². The smallest absolute Gasteiger partial charge is 0.309 e. The van der Waals surface area contributed by atoms with Gasteiger partial charge in [-0.1, -0.05) is 78.3 Å². The van der Waals surface area contributed by atoms with Gasteiger partial charge < -0.3 is 20.5 Å². The molecule has 1 aromatic carbocycles. The predicted octanol–water partition coefficient (Wildman–Crippen LogP) is 9.10. The van der Waals surface area contributed by atoms with Crippen LogP contribution in [0.1, 0.15) is 139 Å². The van der Waals surface area contributed by atoms with Crippen molar-refractivity contribution in [2.75, 3.05) is 0 Å². The Kier molecular flexibility index (Phi) is 8.91. The van der Waals surface area contributed by atoms with E-state index in [0.29, 0.717) is 17.4 Å². The van der Waals surface area contributed by atoms with Crippen molar-refractivity contribution in [2.45, 2.75) is 156 Å². The summed E-state index contributed by atoms with van der Waals surface area (Å²) >= 11 is 6.16. The number of carboxylic acid groups (broad SMARTS) is 1. The van der Waals surface area contributed by atoms with Gasteiger partial charge in [-0.25, -0.2) is 0 Å². The van der Waals surface area contributed by atoms with Crippen molar-refractivity contribution in [3.8, 4) is 0 Å². The quantitative estimate of drug-likeness (QED) is 0.129. The molecule has 8 nitrogen and oxygen atoms in total. The lowest BCUT2D eigenvalue weighted by molar-refractivity contribution is -0.212. The van der Waals surface area contributed by atoms with Crippen molar-refractivity contribution in [1.82, 2.24) is 10.6 Å². The van der Waals surface area contributed by atoms with E-state index in [2.05, 4.69) is 65.2 Å². The molecule has 0 bridgehead atoms. The first kappa shape index (κ1) is 39.8. The van der Waals surface area contributed by atoms with Crippen LogP contribution >= 0.6 is 11.6 Å². The van der Waals surface area contributed by atoms with Crippen LogP contribution in [0.15, 0.2) is 47.6 Å². The molecule has 0 radical (unpaired) electrons. The van der Waals surface area contributed by atoms with E-state index in [4.69, 9.17) is 16.3 Å². The summed E-state index contributed by atoms with van der Waals surface area (Å²) in [4.78, 5) is 52.9. The predicted molar refractivity (Wildman–Crippen MR) is 217 cm³/mol. The molecule has 9 heteroatoms. The normalized spacial score (nSPS) is 40.2. The highest BCUT2D eigenvalue weighted by atomic mass is 35.5. The summed E-state index contributed by atoms with van der Waals surface area (Å²) in [5, 5.41) is 17.7. The topological polar surface area (TPSA) is 132 Å². The number of amides is 1. The second-order valence-corrected chi connectivity index (χ2v) is 21.8. The summed E-state index contributed by atoms with van der Waals surface area (Å²) in [6.07, 6.45) is 12.2. The molecule has 1 heterocycles. The fraction of sp³-hybridized carbons (Fsp3) is 0.702. The summed E-state index contributed by atoms with van der Waals surface area (Å²) in [6.45, 7) is 19.6. The molecule has 5 saturated carbocycles. The fourth-order valence-corrected chi connectivity index (χ4v) is 14.4. The van der Waals surface area contributed by atoms with Gasteiger partial charge in [0.1, 0.15) is 6.10 Å². The first-order valence-electron chi connectivity index (χ1n) is 21.3. The van der Waals surface area contributed by atoms with Crippen molar-refractivity contribution in [3.63, 3.8) is 0 Å². The maximum atomic E-state index is 14.1. The molecule has 0 aromatic heterocycles. The Morgan fingerprint density at radius 3 is 2.27 bits per heavy atom. The second kappa shape index (κ2) is 12.5. The van der Waals surface area contributed by atoms with Crippen LogP contribution in [-0.2, 0) is 29.5 Å².